The summed E-state index contributed by atoms with van der Waals surface area (Å²) in [5.41, 5.74) is 1.63. The molecule has 1 aromatic carbocycles. The number of benzene rings is 1. The first-order valence-electron chi connectivity index (χ1n) is 8.95. The van der Waals surface area contributed by atoms with Gasteiger partial charge in [0.15, 0.2) is 0 Å². The maximum atomic E-state index is 12.5. The van der Waals surface area contributed by atoms with Crippen LogP contribution in [0.15, 0.2) is 24.3 Å². The molecule has 1 aliphatic heterocycles. The van der Waals surface area contributed by atoms with Gasteiger partial charge in [-0.25, -0.2) is 0 Å². The van der Waals surface area contributed by atoms with Gasteiger partial charge in [0.2, 0.25) is 5.91 Å². The molecule has 26 heavy (non-hydrogen) atoms. The summed E-state index contributed by atoms with van der Waals surface area (Å²) >= 11 is 1.68. The molecule has 1 aromatic rings. The Hall–Kier alpha value is -1.24. The van der Waals surface area contributed by atoms with E-state index in [-0.39, 0.29) is 24.2 Å². The van der Waals surface area contributed by atoms with E-state index in [0.29, 0.717) is 24.4 Å². The Bertz CT molecular complexity index is 580. The number of halogens is 1. The lowest BCUT2D eigenvalue weighted by atomic mass is 10.1. The molecule has 0 saturated carbocycles. The van der Waals surface area contributed by atoms with Crippen LogP contribution in [0.3, 0.4) is 0 Å². The van der Waals surface area contributed by atoms with E-state index in [4.69, 9.17) is 0 Å². The first kappa shape index (κ1) is 22.8. The minimum atomic E-state index is -0.484. The Morgan fingerprint density at radius 3 is 2.85 bits per heavy atom. The van der Waals surface area contributed by atoms with Crippen molar-refractivity contribution >= 4 is 36.0 Å². The molecular formula is C19H30ClN3O2S. The molecule has 0 aromatic heterocycles. The summed E-state index contributed by atoms with van der Waals surface area (Å²) in [7, 11) is 0. The summed E-state index contributed by atoms with van der Waals surface area (Å²) in [6, 6.07) is 6.94. The average molecular weight is 400 g/mol. The number of thioether (sulfide) groups is 1. The highest BCUT2D eigenvalue weighted by atomic mass is 35.5. The van der Waals surface area contributed by atoms with Crippen molar-refractivity contribution in [3.63, 3.8) is 0 Å². The Kier molecular flexibility index (Phi) is 10.7. The second-order valence-corrected chi connectivity index (χ2v) is 7.60. The molecule has 3 N–H and O–H groups in total. The fourth-order valence-electron chi connectivity index (χ4n) is 3.02. The van der Waals surface area contributed by atoms with E-state index >= 15 is 0 Å². The van der Waals surface area contributed by atoms with Crippen molar-refractivity contribution in [2.45, 2.75) is 32.2 Å². The number of carbonyl (C=O) groups excluding carboxylic acids is 2. The summed E-state index contributed by atoms with van der Waals surface area (Å²) in [5, 5.41) is 9.23. The summed E-state index contributed by atoms with van der Waals surface area (Å²) in [6.07, 6.45) is 4.80. The molecule has 0 spiro atoms. The lowest BCUT2D eigenvalue weighted by Gasteiger charge is -2.19. The third kappa shape index (κ3) is 7.56. The molecule has 0 aliphatic carbocycles. The predicted octanol–water partition coefficient (Wildman–Crippen LogP) is 2.38. The van der Waals surface area contributed by atoms with Gasteiger partial charge in [-0.1, -0.05) is 17.7 Å². The van der Waals surface area contributed by atoms with E-state index in [1.165, 1.54) is 6.42 Å². The fraction of sp³-hybridized carbons (Fsp3) is 0.579. The molecule has 7 heteroatoms. The molecule has 2 amide bonds. The highest BCUT2D eigenvalue weighted by Gasteiger charge is 2.21. The average Bonchev–Trinajstić information content (AvgIpc) is 3.11. The number of aryl methyl sites for hydroxylation is 1. The molecular weight excluding hydrogens is 370 g/mol. The number of hydrogen-bond acceptors (Lipinski definition) is 4. The number of nitrogens with one attached hydrogen (secondary N) is 3. The van der Waals surface area contributed by atoms with Crippen molar-refractivity contribution in [1.29, 1.82) is 0 Å². The first-order chi connectivity index (χ1) is 12.1. The molecule has 146 valence electrons. The Labute approximate surface area is 166 Å². The predicted molar refractivity (Wildman–Crippen MR) is 111 cm³/mol. The van der Waals surface area contributed by atoms with Gasteiger partial charge in [-0.2, -0.15) is 11.8 Å². The van der Waals surface area contributed by atoms with E-state index in [9.17, 15) is 9.59 Å². The molecule has 1 saturated heterocycles. The van der Waals surface area contributed by atoms with Crippen LogP contribution in [0.25, 0.3) is 0 Å². The van der Waals surface area contributed by atoms with Crippen molar-refractivity contribution in [3.05, 3.63) is 35.4 Å². The van der Waals surface area contributed by atoms with Gasteiger partial charge in [-0.15, -0.1) is 12.4 Å². The highest BCUT2D eigenvalue weighted by Crippen LogP contribution is 2.11. The summed E-state index contributed by atoms with van der Waals surface area (Å²) < 4.78 is 0. The maximum absolute atomic E-state index is 12.5. The minimum Gasteiger partial charge on any atom is -0.354 e. The van der Waals surface area contributed by atoms with Crippen LogP contribution in [-0.4, -0.2) is 49.5 Å². The Morgan fingerprint density at radius 1 is 1.38 bits per heavy atom. The molecule has 1 fully saturated rings. The molecule has 5 nitrogen and oxygen atoms in total. The lowest BCUT2D eigenvalue weighted by Crippen LogP contribution is -2.47. The number of rotatable bonds is 9. The summed E-state index contributed by atoms with van der Waals surface area (Å²) in [6.45, 7) is 4.73. The molecule has 1 aliphatic rings. The van der Waals surface area contributed by atoms with E-state index in [2.05, 4.69) is 16.0 Å². The van der Waals surface area contributed by atoms with Gasteiger partial charge >= 0.3 is 0 Å². The van der Waals surface area contributed by atoms with Crippen LogP contribution in [0.5, 0.6) is 0 Å². The van der Waals surface area contributed by atoms with Crippen molar-refractivity contribution < 1.29 is 9.59 Å². The van der Waals surface area contributed by atoms with Gasteiger partial charge in [-0.3, -0.25) is 9.59 Å². The zero-order valence-electron chi connectivity index (χ0n) is 15.5. The zero-order chi connectivity index (χ0) is 18.1. The van der Waals surface area contributed by atoms with Crippen molar-refractivity contribution in [2.75, 3.05) is 31.6 Å². The number of hydrogen-bond donors (Lipinski definition) is 3. The molecule has 0 bridgehead atoms. The third-order valence-electron chi connectivity index (χ3n) is 4.53. The fourth-order valence-corrected chi connectivity index (χ4v) is 3.49. The van der Waals surface area contributed by atoms with Crippen LogP contribution >= 0.6 is 24.2 Å². The van der Waals surface area contributed by atoms with Gasteiger partial charge in [0.05, 0.1) is 0 Å². The van der Waals surface area contributed by atoms with E-state index < -0.39 is 6.04 Å². The zero-order valence-corrected chi connectivity index (χ0v) is 17.2. The molecule has 2 atom stereocenters. The molecule has 1 heterocycles. The van der Waals surface area contributed by atoms with Crippen LogP contribution in [0.1, 0.15) is 35.2 Å². The third-order valence-corrected chi connectivity index (χ3v) is 5.17. The Balaban J connectivity index is 0.00000338. The highest BCUT2D eigenvalue weighted by molar-refractivity contribution is 7.98. The largest absolute Gasteiger partial charge is 0.354 e. The van der Waals surface area contributed by atoms with Gasteiger partial charge in [-0.05, 0) is 69.3 Å². The standard InChI is InChI=1S/C19H29N3O2S.ClH/c1-14-4-3-5-16(12-14)18(23)22-17(8-11-25-2)19(24)21-10-7-15-6-9-20-13-15;/h3-5,12,15,17,20H,6-11,13H2,1-2H3,(H,21,24)(H,22,23);1H. The van der Waals surface area contributed by atoms with Gasteiger partial charge in [0.25, 0.3) is 5.91 Å². The minimum absolute atomic E-state index is 0. The Morgan fingerprint density at radius 2 is 2.19 bits per heavy atom. The second-order valence-electron chi connectivity index (χ2n) is 6.62. The topological polar surface area (TPSA) is 70.2 Å². The molecule has 0 radical (unpaired) electrons. The summed E-state index contributed by atoms with van der Waals surface area (Å²) in [4.78, 5) is 25.0. The van der Waals surface area contributed by atoms with Crippen molar-refractivity contribution in [1.82, 2.24) is 16.0 Å². The van der Waals surface area contributed by atoms with Crippen molar-refractivity contribution in [3.8, 4) is 0 Å². The van der Waals surface area contributed by atoms with Crippen LogP contribution < -0.4 is 16.0 Å². The molecule has 2 rings (SSSR count). The van der Waals surface area contributed by atoms with E-state index in [1.807, 2.05) is 31.4 Å². The quantitative estimate of drug-likeness (QED) is 0.596. The molecule has 2 unspecified atom stereocenters. The van der Waals surface area contributed by atoms with Crippen LogP contribution in [0.4, 0.5) is 0 Å². The number of amides is 2. The summed E-state index contributed by atoms with van der Waals surface area (Å²) in [5.74, 6) is 1.21. The smallest absolute Gasteiger partial charge is 0.251 e. The first-order valence-corrected chi connectivity index (χ1v) is 10.3. The van der Waals surface area contributed by atoms with Crippen LogP contribution in [0, 0.1) is 12.8 Å². The normalized spacial score (nSPS) is 17.2. The van der Waals surface area contributed by atoms with E-state index in [0.717, 1.165) is 30.8 Å². The van der Waals surface area contributed by atoms with Crippen molar-refractivity contribution in [2.24, 2.45) is 5.92 Å². The van der Waals surface area contributed by atoms with Gasteiger partial charge in [0, 0.05) is 12.1 Å². The van der Waals surface area contributed by atoms with Gasteiger partial charge < -0.3 is 16.0 Å². The maximum Gasteiger partial charge on any atom is 0.251 e. The van der Waals surface area contributed by atoms with Crippen LogP contribution in [0.2, 0.25) is 0 Å². The van der Waals surface area contributed by atoms with E-state index in [1.54, 1.807) is 17.8 Å². The SMILES string of the molecule is CSCCC(NC(=O)c1cccc(C)c1)C(=O)NCCC1CCNC1.Cl. The van der Waals surface area contributed by atoms with Crippen LogP contribution in [-0.2, 0) is 4.79 Å². The van der Waals surface area contributed by atoms with Gasteiger partial charge in [0.1, 0.15) is 6.04 Å². The monoisotopic (exact) mass is 399 g/mol. The second kappa shape index (κ2) is 12.2. The number of carbonyl (C=O) groups is 2. The lowest BCUT2D eigenvalue weighted by molar-refractivity contribution is -0.123.